The summed E-state index contributed by atoms with van der Waals surface area (Å²) in [7, 11) is 0. The maximum atomic E-state index is 12.6. The van der Waals surface area contributed by atoms with Crippen LogP contribution >= 0.6 is 0 Å². The van der Waals surface area contributed by atoms with Crippen molar-refractivity contribution in [1.82, 2.24) is 10.6 Å². The number of furan rings is 2. The Kier molecular flexibility index (Phi) is 6.26. The second-order valence-corrected chi connectivity index (χ2v) is 5.91. The molecule has 0 aliphatic carbocycles. The van der Waals surface area contributed by atoms with Gasteiger partial charge in [0.1, 0.15) is 17.2 Å². The van der Waals surface area contributed by atoms with Crippen LogP contribution in [0.5, 0.6) is 5.75 Å². The van der Waals surface area contributed by atoms with Gasteiger partial charge < -0.3 is 24.2 Å². The highest BCUT2D eigenvalue weighted by Crippen LogP contribution is 2.15. The number of amides is 2. The Balaban J connectivity index is 1.78. The zero-order valence-corrected chi connectivity index (χ0v) is 15.5. The molecule has 0 fully saturated rings. The van der Waals surface area contributed by atoms with E-state index in [-0.39, 0.29) is 18.0 Å². The van der Waals surface area contributed by atoms with Crippen molar-refractivity contribution in [1.29, 1.82) is 0 Å². The Bertz CT molecular complexity index is 1000. The van der Waals surface area contributed by atoms with E-state index in [0.29, 0.717) is 17.1 Å². The molecule has 2 amide bonds. The maximum absolute atomic E-state index is 12.6. The monoisotopic (exact) mass is 394 g/mol. The number of ether oxygens (including phenoxy) is 1. The topological polar surface area (TPSA) is 111 Å². The third-order valence-electron chi connectivity index (χ3n) is 3.69. The normalized spacial score (nSPS) is 11.0. The van der Waals surface area contributed by atoms with Crippen LogP contribution in [0.25, 0.3) is 6.08 Å². The number of hydrogen-bond acceptors (Lipinski definition) is 6. The molecular formula is C21H18N2O6. The first-order valence-electron chi connectivity index (χ1n) is 8.67. The van der Waals surface area contributed by atoms with Crippen molar-refractivity contribution in [2.45, 2.75) is 13.5 Å². The Morgan fingerprint density at radius 1 is 1.00 bits per heavy atom. The molecule has 0 unspecified atom stereocenters. The van der Waals surface area contributed by atoms with Crippen LogP contribution < -0.4 is 15.4 Å². The number of carbonyl (C=O) groups is 3. The molecule has 0 radical (unpaired) electrons. The summed E-state index contributed by atoms with van der Waals surface area (Å²) in [4.78, 5) is 36.0. The van der Waals surface area contributed by atoms with Crippen molar-refractivity contribution >= 4 is 23.9 Å². The van der Waals surface area contributed by atoms with E-state index in [1.54, 1.807) is 42.5 Å². The molecule has 2 aromatic heterocycles. The highest BCUT2D eigenvalue weighted by molar-refractivity contribution is 6.04. The lowest BCUT2D eigenvalue weighted by atomic mass is 10.1. The third kappa shape index (κ3) is 5.70. The molecule has 3 aromatic rings. The van der Waals surface area contributed by atoms with Crippen molar-refractivity contribution in [3.63, 3.8) is 0 Å². The Labute approximate surface area is 166 Å². The van der Waals surface area contributed by atoms with E-state index in [4.69, 9.17) is 13.6 Å². The van der Waals surface area contributed by atoms with Gasteiger partial charge in [-0.25, -0.2) is 0 Å². The highest BCUT2D eigenvalue weighted by atomic mass is 16.5. The lowest BCUT2D eigenvalue weighted by Gasteiger charge is -2.10. The fourth-order valence-corrected chi connectivity index (χ4v) is 2.39. The summed E-state index contributed by atoms with van der Waals surface area (Å²) < 4.78 is 15.2. The van der Waals surface area contributed by atoms with E-state index in [0.717, 1.165) is 0 Å². The molecule has 0 saturated heterocycles. The van der Waals surface area contributed by atoms with E-state index in [2.05, 4.69) is 10.6 Å². The van der Waals surface area contributed by atoms with Crippen LogP contribution in [0.4, 0.5) is 0 Å². The van der Waals surface area contributed by atoms with Gasteiger partial charge in [0, 0.05) is 6.92 Å². The summed E-state index contributed by atoms with van der Waals surface area (Å²) in [5.74, 6) is -0.493. The van der Waals surface area contributed by atoms with Gasteiger partial charge in [-0.1, -0.05) is 12.1 Å². The first-order valence-corrected chi connectivity index (χ1v) is 8.67. The molecule has 148 valence electrons. The molecular weight excluding hydrogens is 376 g/mol. The van der Waals surface area contributed by atoms with Gasteiger partial charge in [-0.2, -0.15) is 0 Å². The van der Waals surface area contributed by atoms with Gasteiger partial charge in [0.15, 0.2) is 5.76 Å². The van der Waals surface area contributed by atoms with E-state index in [9.17, 15) is 14.4 Å². The predicted molar refractivity (Wildman–Crippen MR) is 102 cm³/mol. The molecule has 0 bridgehead atoms. The average molecular weight is 394 g/mol. The van der Waals surface area contributed by atoms with Crippen LogP contribution in [-0.2, 0) is 16.1 Å². The molecule has 0 aliphatic heterocycles. The SMILES string of the molecule is CC(=O)Oc1ccc(C=C(NC(=O)c2ccco2)C(=O)NCc2ccco2)cc1. The number of nitrogens with one attached hydrogen (secondary N) is 2. The molecule has 1 aromatic carbocycles. The highest BCUT2D eigenvalue weighted by Gasteiger charge is 2.16. The lowest BCUT2D eigenvalue weighted by Crippen LogP contribution is -2.34. The van der Waals surface area contributed by atoms with E-state index < -0.39 is 17.8 Å². The Morgan fingerprint density at radius 3 is 2.34 bits per heavy atom. The summed E-state index contributed by atoms with van der Waals surface area (Å²) in [5.41, 5.74) is 0.627. The number of carbonyl (C=O) groups excluding carboxylic acids is 3. The maximum Gasteiger partial charge on any atom is 0.308 e. The van der Waals surface area contributed by atoms with Crippen molar-refractivity contribution in [3.8, 4) is 5.75 Å². The van der Waals surface area contributed by atoms with Gasteiger partial charge in [0.05, 0.1) is 19.1 Å². The van der Waals surface area contributed by atoms with Crippen LogP contribution in [-0.4, -0.2) is 17.8 Å². The molecule has 0 atom stereocenters. The van der Waals surface area contributed by atoms with Gasteiger partial charge in [0.2, 0.25) is 0 Å². The second kappa shape index (κ2) is 9.23. The van der Waals surface area contributed by atoms with Crippen molar-refractivity contribution in [2.24, 2.45) is 0 Å². The minimum Gasteiger partial charge on any atom is -0.467 e. The largest absolute Gasteiger partial charge is 0.467 e. The fourth-order valence-electron chi connectivity index (χ4n) is 2.39. The molecule has 0 spiro atoms. The number of rotatable bonds is 7. The zero-order chi connectivity index (χ0) is 20.6. The number of esters is 1. The van der Waals surface area contributed by atoms with E-state index in [1.807, 2.05) is 0 Å². The van der Waals surface area contributed by atoms with E-state index in [1.165, 1.54) is 31.6 Å². The molecule has 8 heteroatoms. The molecule has 0 saturated carbocycles. The first kappa shape index (κ1) is 19.7. The summed E-state index contributed by atoms with van der Waals surface area (Å²) in [5, 5.41) is 5.22. The standard InChI is InChI=1S/C21H18N2O6/c1-14(24)29-16-8-6-15(7-9-16)12-18(23-21(26)19-5-3-11-28-19)20(25)22-13-17-4-2-10-27-17/h2-12H,13H2,1H3,(H,22,25)(H,23,26). The summed E-state index contributed by atoms with van der Waals surface area (Å²) in [6.07, 6.45) is 4.36. The molecule has 2 N–H and O–H groups in total. The average Bonchev–Trinajstić information content (AvgIpc) is 3.40. The van der Waals surface area contributed by atoms with Gasteiger partial charge in [-0.15, -0.1) is 0 Å². The third-order valence-corrected chi connectivity index (χ3v) is 3.69. The number of hydrogen-bond donors (Lipinski definition) is 2. The minimum absolute atomic E-state index is 0.0122. The van der Waals surface area contributed by atoms with E-state index >= 15 is 0 Å². The lowest BCUT2D eigenvalue weighted by molar-refractivity contribution is -0.131. The number of benzene rings is 1. The molecule has 8 nitrogen and oxygen atoms in total. The summed E-state index contributed by atoms with van der Waals surface area (Å²) in [6.45, 7) is 1.46. The Morgan fingerprint density at radius 2 is 1.72 bits per heavy atom. The van der Waals surface area contributed by atoms with Crippen molar-refractivity contribution < 1.29 is 28.0 Å². The smallest absolute Gasteiger partial charge is 0.308 e. The predicted octanol–water partition coefficient (Wildman–Crippen LogP) is 2.89. The van der Waals surface area contributed by atoms with Crippen LogP contribution in [0, 0.1) is 0 Å². The summed E-state index contributed by atoms with van der Waals surface area (Å²) in [6, 6.07) is 13.0. The molecule has 0 aliphatic rings. The van der Waals surface area contributed by atoms with Gasteiger partial charge >= 0.3 is 5.97 Å². The van der Waals surface area contributed by atoms with Crippen LogP contribution in [0.3, 0.4) is 0 Å². The zero-order valence-electron chi connectivity index (χ0n) is 15.5. The molecule has 2 heterocycles. The quantitative estimate of drug-likeness (QED) is 0.362. The minimum atomic E-state index is -0.564. The van der Waals surface area contributed by atoms with Gasteiger partial charge in [0.25, 0.3) is 11.8 Å². The molecule has 29 heavy (non-hydrogen) atoms. The van der Waals surface area contributed by atoms with Crippen LogP contribution in [0.15, 0.2) is 75.6 Å². The van der Waals surface area contributed by atoms with Gasteiger partial charge in [-0.3, -0.25) is 14.4 Å². The Hall–Kier alpha value is -4.07. The molecule has 3 rings (SSSR count). The summed E-state index contributed by atoms with van der Waals surface area (Å²) >= 11 is 0. The fraction of sp³-hybridized carbons (Fsp3) is 0.0952. The van der Waals surface area contributed by atoms with Crippen LogP contribution in [0.1, 0.15) is 28.8 Å². The van der Waals surface area contributed by atoms with Gasteiger partial charge in [-0.05, 0) is 48.0 Å². The van der Waals surface area contributed by atoms with Crippen molar-refractivity contribution in [3.05, 3.63) is 83.8 Å². The first-order chi connectivity index (χ1) is 14.0. The van der Waals surface area contributed by atoms with Crippen LogP contribution in [0.2, 0.25) is 0 Å². The van der Waals surface area contributed by atoms with Crippen molar-refractivity contribution in [2.75, 3.05) is 0 Å². The second-order valence-electron chi connectivity index (χ2n) is 5.91.